The summed E-state index contributed by atoms with van der Waals surface area (Å²) in [6.07, 6.45) is 0.592. The maximum atomic E-state index is 14.1. The Morgan fingerprint density at radius 1 is 1.14 bits per heavy atom. The van der Waals surface area contributed by atoms with Gasteiger partial charge < -0.3 is 5.32 Å². The van der Waals surface area contributed by atoms with E-state index in [2.05, 4.69) is 21.2 Å². The van der Waals surface area contributed by atoms with Gasteiger partial charge in [0.2, 0.25) is 0 Å². The summed E-state index contributed by atoms with van der Waals surface area (Å²) < 4.78 is 28.0. The van der Waals surface area contributed by atoms with Gasteiger partial charge in [-0.1, -0.05) is 46.6 Å². The first kappa shape index (κ1) is 16.1. The molecule has 0 aliphatic heterocycles. The molecule has 1 unspecified atom stereocenters. The highest BCUT2D eigenvalue weighted by Gasteiger charge is 2.17. The number of aryl methyl sites for hydroxylation is 1. The molecule has 0 saturated heterocycles. The normalized spacial score (nSPS) is 12.4. The average Bonchev–Trinajstić information content (AvgIpc) is 2.44. The fourth-order valence-electron chi connectivity index (χ4n) is 2.38. The van der Waals surface area contributed by atoms with Crippen LogP contribution >= 0.6 is 15.9 Å². The highest BCUT2D eigenvalue weighted by Crippen LogP contribution is 2.26. The second-order valence-corrected chi connectivity index (χ2v) is 5.93. The maximum Gasteiger partial charge on any atom is 0.128 e. The summed E-state index contributed by atoms with van der Waals surface area (Å²) >= 11 is 3.37. The summed E-state index contributed by atoms with van der Waals surface area (Å²) in [7, 11) is 0. The van der Waals surface area contributed by atoms with E-state index in [1.807, 2.05) is 19.9 Å². The molecule has 4 heteroatoms. The molecule has 0 bridgehead atoms. The minimum atomic E-state index is -0.285. The molecule has 1 N–H and O–H groups in total. The third-order valence-electron chi connectivity index (χ3n) is 3.42. The van der Waals surface area contributed by atoms with Gasteiger partial charge in [-0.05, 0) is 43.7 Å². The topological polar surface area (TPSA) is 12.0 Å². The molecule has 1 atom stereocenters. The Bertz CT molecular complexity index is 628. The number of rotatable bonds is 5. The second-order valence-electron chi connectivity index (χ2n) is 5.08. The Morgan fingerprint density at radius 3 is 2.57 bits per heavy atom. The molecule has 0 saturated carbocycles. The summed E-state index contributed by atoms with van der Waals surface area (Å²) in [5.74, 6) is -0.503. The molecule has 112 valence electrons. The van der Waals surface area contributed by atoms with Crippen LogP contribution in [0.4, 0.5) is 8.78 Å². The molecule has 0 amide bonds. The molecule has 2 rings (SSSR count). The van der Waals surface area contributed by atoms with E-state index in [4.69, 9.17) is 0 Å². The predicted octanol–water partition coefficient (Wildman–Crippen LogP) is 4.93. The van der Waals surface area contributed by atoms with Crippen molar-refractivity contribution in [2.24, 2.45) is 0 Å². The van der Waals surface area contributed by atoms with E-state index in [-0.39, 0.29) is 17.7 Å². The lowest BCUT2D eigenvalue weighted by Gasteiger charge is -2.20. The van der Waals surface area contributed by atoms with Crippen molar-refractivity contribution in [3.8, 4) is 0 Å². The number of likely N-dealkylation sites (N-methyl/N-ethyl adjacent to an activating group) is 1. The predicted molar refractivity (Wildman–Crippen MR) is 85.4 cm³/mol. The van der Waals surface area contributed by atoms with Crippen molar-refractivity contribution in [3.63, 3.8) is 0 Å². The molecule has 0 radical (unpaired) electrons. The van der Waals surface area contributed by atoms with Gasteiger partial charge in [0.15, 0.2) is 0 Å². The van der Waals surface area contributed by atoms with Crippen LogP contribution in [0, 0.1) is 18.6 Å². The smallest absolute Gasteiger partial charge is 0.128 e. The number of halogens is 3. The summed E-state index contributed by atoms with van der Waals surface area (Å²) in [5.41, 5.74) is 2.61. The van der Waals surface area contributed by atoms with Crippen LogP contribution in [0.2, 0.25) is 0 Å². The first-order chi connectivity index (χ1) is 10.0. The van der Waals surface area contributed by atoms with E-state index in [9.17, 15) is 8.78 Å². The van der Waals surface area contributed by atoms with E-state index >= 15 is 0 Å². The van der Waals surface area contributed by atoms with Gasteiger partial charge in [0.25, 0.3) is 0 Å². The van der Waals surface area contributed by atoms with Crippen LogP contribution in [0.3, 0.4) is 0 Å². The van der Waals surface area contributed by atoms with Crippen LogP contribution in [0.25, 0.3) is 0 Å². The molecule has 0 aromatic heterocycles. The lowest BCUT2D eigenvalue weighted by molar-refractivity contribution is 0.508. The number of benzene rings is 2. The van der Waals surface area contributed by atoms with Gasteiger partial charge in [0.05, 0.1) is 0 Å². The van der Waals surface area contributed by atoms with Crippen molar-refractivity contribution in [1.29, 1.82) is 0 Å². The first-order valence-corrected chi connectivity index (χ1v) is 7.74. The van der Waals surface area contributed by atoms with E-state index in [0.29, 0.717) is 16.5 Å². The lowest BCUT2D eigenvalue weighted by atomic mass is 9.97. The van der Waals surface area contributed by atoms with E-state index in [0.717, 1.165) is 17.7 Å². The summed E-state index contributed by atoms with van der Waals surface area (Å²) in [6, 6.07) is 9.57. The summed E-state index contributed by atoms with van der Waals surface area (Å²) in [5, 5.41) is 3.30. The van der Waals surface area contributed by atoms with Gasteiger partial charge in [-0.15, -0.1) is 0 Å². The molecule has 0 fully saturated rings. The van der Waals surface area contributed by atoms with E-state index < -0.39 is 0 Å². The first-order valence-electron chi connectivity index (χ1n) is 6.94. The third-order valence-corrected chi connectivity index (χ3v) is 4.15. The quantitative estimate of drug-likeness (QED) is 0.803. The number of nitrogens with one attached hydrogen (secondary N) is 1. The second kappa shape index (κ2) is 7.14. The van der Waals surface area contributed by atoms with E-state index in [1.54, 1.807) is 12.1 Å². The largest absolute Gasteiger partial charge is 0.310 e. The Labute approximate surface area is 132 Å². The van der Waals surface area contributed by atoms with Crippen molar-refractivity contribution >= 4 is 15.9 Å². The van der Waals surface area contributed by atoms with Crippen molar-refractivity contribution < 1.29 is 8.78 Å². The van der Waals surface area contributed by atoms with Gasteiger partial charge >= 0.3 is 0 Å². The van der Waals surface area contributed by atoms with Gasteiger partial charge in [0, 0.05) is 16.1 Å². The maximum absolute atomic E-state index is 14.1. The standard InChI is InChI=1S/C17H18BrF2N/c1-3-21-17(14-8-11(2)4-7-16(14)20)9-12-5-6-13(19)10-15(12)18/h4-8,10,17,21H,3,9H2,1-2H3. The Hall–Kier alpha value is -1.26. The van der Waals surface area contributed by atoms with Crippen molar-refractivity contribution in [2.75, 3.05) is 6.54 Å². The molecule has 1 nitrogen and oxygen atoms in total. The van der Waals surface area contributed by atoms with E-state index in [1.165, 1.54) is 18.2 Å². The number of hydrogen-bond donors (Lipinski definition) is 1. The SMILES string of the molecule is CCNC(Cc1ccc(F)cc1Br)c1cc(C)ccc1F. The van der Waals surface area contributed by atoms with Gasteiger partial charge in [0.1, 0.15) is 11.6 Å². The fourth-order valence-corrected chi connectivity index (χ4v) is 2.89. The zero-order valence-corrected chi connectivity index (χ0v) is 13.7. The lowest BCUT2D eigenvalue weighted by Crippen LogP contribution is -2.24. The highest BCUT2D eigenvalue weighted by molar-refractivity contribution is 9.10. The van der Waals surface area contributed by atoms with Crippen molar-refractivity contribution in [1.82, 2.24) is 5.32 Å². The molecular weight excluding hydrogens is 336 g/mol. The van der Waals surface area contributed by atoms with Gasteiger partial charge in [-0.3, -0.25) is 0 Å². The molecule has 2 aromatic rings. The highest BCUT2D eigenvalue weighted by atomic mass is 79.9. The molecule has 2 aromatic carbocycles. The van der Waals surface area contributed by atoms with Gasteiger partial charge in [-0.25, -0.2) is 8.78 Å². The van der Waals surface area contributed by atoms with Crippen LogP contribution in [0.15, 0.2) is 40.9 Å². The van der Waals surface area contributed by atoms with Crippen LogP contribution in [0.5, 0.6) is 0 Å². The van der Waals surface area contributed by atoms with Crippen LogP contribution in [0.1, 0.15) is 29.7 Å². The van der Waals surface area contributed by atoms with Crippen LogP contribution in [-0.4, -0.2) is 6.54 Å². The minimum Gasteiger partial charge on any atom is -0.310 e. The zero-order valence-electron chi connectivity index (χ0n) is 12.1. The Kier molecular flexibility index (Phi) is 5.48. The summed E-state index contributed by atoms with van der Waals surface area (Å²) in [4.78, 5) is 0. The minimum absolute atomic E-state index is 0.142. The van der Waals surface area contributed by atoms with Crippen LogP contribution in [-0.2, 0) is 6.42 Å². The molecule has 0 heterocycles. The zero-order chi connectivity index (χ0) is 15.4. The third kappa shape index (κ3) is 4.11. The molecule has 21 heavy (non-hydrogen) atoms. The Morgan fingerprint density at radius 2 is 1.90 bits per heavy atom. The van der Waals surface area contributed by atoms with Crippen molar-refractivity contribution in [2.45, 2.75) is 26.3 Å². The number of hydrogen-bond acceptors (Lipinski definition) is 1. The van der Waals surface area contributed by atoms with Crippen LogP contribution < -0.4 is 5.32 Å². The summed E-state index contributed by atoms with van der Waals surface area (Å²) in [6.45, 7) is 4.66. The molecule has 0 spiro atoms. The van der Waals surface area contributed by atoms with Gasteiger partial charge in [-0.2, -0.15) is 0 Å². The Balaban J connectivity index is 2.32. The average molecular weight is 354 g/mol. The molecular formula is C17H18BrF2N. The molecule has 0 aliphatic carbocycles. The van der Waals surface area contributed by atoms with Crippen molar-refractivity contribution in [3.05, 3.63) is 69.2 Å². The fraction of sp³-hybridized carbons (Fsp3) is 0.294. The monoisotopic (exact) mass is 353 g/mol. The molecule has 0 aliphatic rings.